The second-order valence-corrected chi connectivity index (χ2v) is 4.30. The Hall–Kier alpha value is -2.29. The van der Waals surface area contributed by atoms with Gasteiger partial charge in [0.1, 0.15) is 5.82 Å². The molecule has 0 spiro atoms. The second-order valence-electron chi connectivity index (χ2n) is 4.30. The van der Waals surface area contributed by atoms with E-state index in [1.165, 1.54) is 0 Å². The van der Waals surface area contributed by atoms with Crippen molar-refractivity contribution in [3.63, 3.8) is 0 Å². The molecule has 1 aromatic heterocycles. The maximum atomic E-state index is 5.81. The lowest BCUT2D eigenvalue weighted by molar-refractivity contribution is 0.908. The van der Waals surface area contributed by atoms with Crippen LogP contribution in [0, 0.1) is 0 Å². The molecule has 0 aliphatic carbocycles. The SMILES string of the molecule is CCc1nc2cc(N)ccc2n1-c1ccccc1. The fourth-order valence-electron chi connectivity index (χ4n) is 2.25. The highest BCUT2D eigenvalue weighted by Gasteiger charge is 2.10. The van der Waals surface area contributed by atoms with Gasteiger partial charge in [0.25, 0.3) is 0 Å². The summed E-state index contributed by atoms with van der Waals surface area (Å²) in [6.45, 7) is 2.12. The van der Waals surface area contributed by atoms with Crippen molar-refractivity contribution in [1.82, 2.24) is 9.55 Å². The van der Waals surface area contributed by atoms with E-state index in [-0.39, 0.29) is 0 Å². The van der Waals surface area contributed by atoms with Crippen LogP contribution in [0.15, 0.2) is 48.5 Å². The highest BCUT2D eigenvalue weighted by molar-refractivity contribution is 5.81. The van der Waals surface area contributed by atoms with Crippen molar-refractivity contribution in [2.75, 3.05) is 5.73 Å². The summed E-state index contributed by atoms with van der Waals surface area (Å²) in [6, 6.07) is 16.2. The van der Waals surface area contributed by atoms with Crippen molar-refractivity contribution < 1.29 is 0 Å². The van der Waals surface area contributed by atoms with Gasteiger partial charge in [-0.25, -0.2) is 4.98 Å². The zero-order chi connectivity index (χ0) is 12.5. The third kappa shape index (κ3) is 1.64. The van der Waals surface area contributed by atoms with E-state index in [2.05, 4.69) is 28.6 Å². The molecule has 3 aromatic rings. The van der Waals surface area contributed by atoms with Gasteiger partial charge in [0, 0.05) is 17.8 Å². The number of hydrogen-bond donors (Lipinski definition) is 1. The van der Waals surface area contributed by atoms with Gasteiger partial charge >= 0.3 is 0 Å². The fraction of sp³-hybridized carbons (Fsp3) is 0.133. The van der Waals surface area contributed by atoms with Crippen LogP contribution in [0.3, 0.4) is 0 Å². The number of para-hydroxylation sites is 1. The van der Waals surface area contributed by atoms with Gasteiger partial charge in [0.05, 0.1) is 11.0 Å². The third-order valence-corrected chi connectivity index (χ3v) is 3.08. The number of benzene rings is 2. The van der Waals surface area contributed by atoms with Crippen LogP contribution in [0.5, 0.6) is 0 Å². The molecule has 0 fully saturated rings. The van der Waals surface area contributed by atoms with Gasteiger partial charge < -0.3 is 5.73 Å². The maximum Gasteiger partial charge on any atom is 0.114 e. The van der Waals surface area contributed by atoms with E-state index >= 15 is 0 Å². The van der Waals surface area contributed by atoms with Crippen LogP contribution in [0.25, 0.3) is 16.7 Å². The maximum absolute atomic E-state index is 5.81. The lowest BCUT2D eigenvalue weighted by Crippen LogP contribution is -1.99. The molecule has 0 saturated carbocycles. The predicted molar refractivity (Wildman–Crippen MR) is 74.9 cm³/mol. The van der Waals surface area contributed by atoms with E-state index < -0.39 is 0 Å². The number of aromatic nitrogens is 2. The number of nitrogen functional groups attached to an aromatic ring is 1. The Labute approximate surface area is 106 Å². The monoisotopic (exact) mass is 237 g/mol. The van der Waals surface area contributed by atoms with Gasteiger partial charge in [0.2, 0.25) is 0 Å². The molecule has 2 aromatic carbocycles. The minimum atomic E-state index is 0.753. The zero-order valence-corrected chi connectivity index (χ0v) is 10.3. The third-order valence-electron chi connectivity index (χ3n) is 3.08. The Morgan fingerprint density at radius 2 is 1.89 bits per heavy atom. The molecule has 0 amide bonds. The van der Waals surface area contributed by atoms with Gasteiger partial charge in [-0.3, -0.25) is 4.57 Å². The summed E-state index contributed by atoms with van der Waals surface area (Å²) in [5.41, 5.74) is 9.77. The first-order valence-electron chi connectivity index (χ1n) is 6.12. The Balaban J connectivity index is 2.33. The minimum absolute atomic E-state index is 0.753. The molecule has 0 aliphatic rings. The molecule has 3 nitrogen and oxygen atoms in total. The van der Waals surface area contributed by atoms with E-state index in [9.17, 15) is 0 Å². The van der Waals surface area contributed by atoms with E-state index in [0.717, 1.165) is 34.7 Å². The largest absolute Gasteiger partial charge is 0.399 e. The number of imidazole rings is 1. The van der Waals surface area contributed by atoms with Gasteiger partial charge in [-0.15, -0.1) is 0 Å². The van der Waals surface area contributed by atoms with Crippen LogP contribution in [0.2, 0.25) is 0 Å². The number of nitrogens with two attached hydrogens (primary N) is 1. The molecule has 3 heteroatoms. The normalized spacial score (nSPS) is 10.9. The Kier molecular flexibility index (Phi) is 2.52. The molecule has 0 saturated heterocycles. The Morgan fingerprint density at radius 1 is 1.11 bits per heavy atom. The first-order valence-corrected chi connectivity index (χ1v) is 6.12. The molecule has 0 unspecified atom stereocenters. The Morgan fingerprint density at radius 3 is 2.61 bits per heavy atom. The number of anilines is 1. The summed E-state index contributed by atoms with van der Waals surface area (Å²) in [5.74, 6) is 1.06. The lowest BCUT2D eigenvalue weighted by Gasteiger charge is -2.07. The van der Waals surface area contributed by atoms with E-state index in [4.69, 9.17) is 5.73 Å². The van der Waals surface area contributed by atoms with Crippen molar-refractivity contribution in [2.24, 2.45) is 0 Å². The molecule has 0 aliphatic heterocycles. The molecule has 0 bridgehead atoms. The van der Waals surface area contributed by atoms with Crippen molar-refractivity contribution in [1.29, 1.82) is 0 Å². The fourth-order valence-corrected chi connectivity index (χ4v) is 2.25. The summed E-state index contributed by atoms with van der Waals surface area (Å²) in [5, 5.41) is 0. The van der Waals surface area contributed by atoms with Crippen LogP contribution in [-0.4, -0.2) is 9.55 Å². The highest BCUT2D eigenvalue weighted by atomic mass is 15.1. The molecule has 3 rings (SSSR count). The summed E-state index contributed by atoms with van der Waals surface area (Å²) in [6.07, 6.45) is 0.892. The predicted octanol–water partition coefficient (Wildman–Crippen LogP) is 3.17. The number of aryl methyl sites for hydroxylation is 1. The van der Waals surface area contributed by atoms with E-state index in [1.54, 1.807) is 0 Å². The Bertz CT molecular complexity index is 684. The van der Waals surface area contributed by atoms with Gasteiger partial charge in [-0.2, -0.15) is 0 Å². The van der Waals surface area contributed by atoms with Gasteiger partial charge in [0.15, 0.2) is 0 Å². The number of rotatable bonds is 2. The zero-order valence-electron chi connectivity index (χ0n) is 10.3. The van der Waals surface area contributed by atoms with Crippen molar-refractivity contribution in [2.45, 2.75) is 13.3 Å². The van der Waals surface area contributed by atoms with E-state index in [1.807, 2.05) is 36.4 Å². The van der Waals surface area contributed by atoms with Crippen LogP contribution >= 0.6 is 0 Å². The molecule has 18 heavy (non-hydrogen) atoms. The number of fused-ring (bicyclic) bond motifs is 1. The summed E-state index contributed by atoms with van der Waals surface area (Å²) in [7, 11) is 0. The lowest BCUT2D eigenvalue weighted by atomic mass is 10.2. The van der Waals surface area contributed by atoms with Crippen molar-refractivity contribution in [3.8, 4) is 5.69 Å². The molecular formula is C15H15N3. The summed E-state index contributed by atoms with van der Waals surface area (Å²) >= 11 is 0. The number of nitrogens with zero attached hydrogens (tertiary/aromatic N) is 2. The van der Waals surface area contributed by atoms with Crippen molar-refractivity contribution in [3.05, 3.63) is 54.4 Å². The van der Waals surface area contributed by atoms with Gasteiger partial charge in [-0.05, 0) is 30.3 Å². The topological polar surface area (TPSA) is 43.8 Å². The number of hydrogen-bond acceptors (Lipinski definition) is 2. The average molecular weight is 237 g/mol. The van der Waals surface area contributed by atoms with Crippen LogP contribution in [0.4, 0.5) is 5.69 Å². The van der Waals surface area contributed by atoms with Crippen LogP contribution in [0.1, 0.15) is 12.7 Å². The molecule has 1 heterocycles. The summed E-state index contributed by atoms with van der Waals surface area (Å²) < 4.78 is 2.19. The van der Waals surface area contributed by atoms with E-state index in [0.29, 0.717) is 0 Å². The first-order chi connectivity index (χ1) is 8.79. The highest BCUT2D eigenvalue weighted by Crippen LogP contribution is 2.23. The minimum Gasteiger partial charge on any atom is -0.399 e. The standard InChI is InChI=1S/C15H15N3/c1-2-15-17-13-10-11(16)8-9-14(13)18(15)12-6-4-3-5-7-12/h3-10H,2,16H2,1H3. The first kappa shape index (κ1) is 10.8. The van der Waals surface area contributed by atoms with Gasteiger partial charge in [-0.1, -0.05) is 25.1 Å². The molecular weight excluding hydrogens is 222 g/mol. The van der Waals surface area contributed by atoms with Crippen LogP contribution in [-0.2, 0) is 6.42 Å². The molecule has 90 valence electrons. The quantitative estimate of drug-likeness (QED) is 0.696. The van der Waals surface area contributed by atoms with Crippen LogP contribution < -0.4 is 5.73 Å². The molecule has 0 radical (unpaired) electrons. The average Bonchev–Trinajstić information content (AvgIpc) is 2.77. The second kappa shape index (κ2) is 4.18. The smallest absolute Gasteiger partial charge is 0.114 e. The molecule has 2 N–H and O–H groups in total. The molecule has 0 atom stereocenters. The van der Waals surface area contributed by atoms with Crippen molar-refractivity contribution >= 4 is 16.7 Å². The summed E-state index contributed by atoms with van der Waals surface area (Å²) in [4.78, 5) is 4.65.